The molecule has 3 heteroatoms. The highest BCUT2D eigenvalue weighted by molar-refractivity contribution is 6.01. The van der Waals surface area contributed by atoms with Crippen LogP contribution < -0.4 is 5.32 Å². The predicted octanol–water partition coefficient (Wildman–Crippen LogP) is 3.82. The Bertz CT molecular complexity index is 802. The molecule has 3 aromatic rings. The molecule has 0 saturated carbocycles. The molecule has 0 fully saturated rings. The molecule has 0 bridgehead atoms. The van der Waals surface area contributed by atoms with Gasteiger partial charge >= 0.3 is 0 Å². The van der Waals surface area contributed by atoms with Crippen molar-refractivity contribution in [2.75, 3.05) is 12.4 Å². The molecule has 3 nitrogen and oxygen atoms in total. The Balaban J connectivity index is 2.35. The third-order valence-electron chi connectivity index (χ3n) is 3.35. The van der Waals surface area contributed by atoms with Gasteiger partial charge in [-0.3, -0.25) is 4.98 Å². The summed E-state index contributed by atoms with van der Waals surface area (Å²) in [5.74, 6) is 0. The van der Waals surface area contributed by atoms with Gasteiger partial charge in [-0.25, -0.2) is 0 Å². The molecule has 1 N–H and O–H groups in total. The first-order chi connectivity index (χ1) is 9.85. The van der Waals surface area contributed by atoms with Crippen LogP contribution in [-0.4, -0.2) is 12.0 Å². The second-order valence-electron chi connectivity index (χ2n) is 4.48. The fraction of sp³-hybridized carbons (Fsp3) is 0.0588. The quantitative estimate of drug-likeness (QED) is 0.761. The first kappa shape index (κ1) is 12.2. The molecule has 0 aliphatic carbocycles. The Labute approximate surface area is 117 Å². The number of para-hydroxylation sites is 1. The average Bonchev–Trinajstić information content (AvgIpc) is 2.53. The third-order valence-corrected chi connectivity index (χ3v) is 3.35. The average molecular weight is 259 g/mol. The standard InChI is InChI=1S/C17H13N3/c1-19-16-13(10-18)11-20-17-14(8-5-9-15(16)17)12-6-3-2-4-7-12/h2-9,11H,1H3,(H,19,20). The molecule has 0 amide bonds. The van der Waals surface area contributed by atoms with Gasteiger partial charge in [0.05, 0.1) is 16.8 Å². The van der Waals surface area contributed by atoms with E-state index in [-0.39, 0.29) is 0 Å². The largest absolute Gasteiger partial charge is 0.386 e. The number of hydrogen-bond acceptors (Lipinski definition) is 3. The van der Waals surface area contributed by atoms with E-state index in [1.807, 2.05) is 37.4 Å². The molecule has 3 rings (SSSR count). The lowest BCUT2D eigenvalue weighted by molar-refractivity contribution is 1.35. The van der Waals surface area contributed by atoms with E-state index in [0.29, 0.717) is 5.56 Å². The second-order valence-corrected chi connectivity index (χ2v) is 4.48. The highest BCUT2D eigenvalue weighted by Gasteiger charge is 2.10. The first-order valence-electron chi connectivity index (χ1n) is 6.40. The lowest BCUT2D eigenvalue weighted by Gasteiger charge is -2.11. The van der Waals surface area contributed by atoms with Gasteiger partial charge in [0.15, 0.2) is 0 Å². The third kappa shape index (κ3) is 1.88. The number of rotatable bonds is 2. The molecule has 20 heavy (non-hydrogen) atoms. The monoisotopic (exact) mass is 259 g/mol. The fourth-order valence-corrected chi connectivity index (χ4v) is 2.43. The molecule has 0 atom stereocenters. The summed E-state index contributed by atoms with van der Waals surface area (Å²) in [6, 6.07) is 18.3. The van der Waals surface area contributed by atoms with Crippen LogP contribution in [0, 0.1) is 11.3 Å². The van der Waals surface area contributed by atoms with Crippen molar-refractivity contribution in [3.05, 3.63) is 60.3 Å². The van der Waals surface area contributed by atoms with Crippen LogP contribution in [-0.2, 0) is 0 Å². The smallest absolute Gasteiger partial charge is 0.103 e. The zero-order chi connectivity index (χ0) is 13.9. The normalized spacial score (nSPS) is 10.2. The fourth-order valence-electron chi connectivity index (χ4n) is 2.43. The van der Waals surface area contributed by atoms with Crippen LogP contribution in [0.1, 0.15) is 5.56 Å². The van der Waals surface area contributed by atoms with Gasteiger partial charge < -0.3 is 5.32 Å². The number of benzene rings is 2. The van der Waals surface area contributed by atoms with Crippen molar-refractivity contribution in [3.63, 3.8) is 0 Å². The Hall–Kier alpha value is -2.86. The molecular weight excluding hydrogens is 246 g/mol. The number of anilines is 1. The van der Waals surface area contributed by atoms with Crippen molar-refractivity contribution in [2.45, 2.75) is 0 Å². The number of pyridine rings is 1. The van der Waals surface area contributed by atoms with Crippen LogP contribution in [0.15, 0.2) is 54.7 Å². The minimum absolute atomic E-state index is 0.560. The van der Waals surface area contributed by atoms with Crippen LogP contribution in [0.2, 0.25) is 0 Å². The number of nitrogens with zero attached hydrogens (tertiary/aromatic N) is 2. The van der Waals surface area contributed by atoms with Gasteiger partial charge in [-0.1, -0.05) is 48.5 Å². The van der Waals surface area contributed by atoms with E-state index in [1.165, 1.54) is 0 Å². The van der Waals surface area contributed by atoms with E-state index in [4.69, 9.17) is 5.26 Å². The van der Waals surface area contributed by atoms with E-state index < -0.39 is 0 Å². The molecule has 0 saturated heterocycles. The number of nitrogens with one attached hydrogen (secondary N) is 1. The maximum Gasteiger partial charge on any atom is 0.103 e. The number of nitriles is 1. The first-order valence-corrected chi connectivity index (χ1v) is 6.40. The van der Waals surface area contributed by atoms with Crippen LogP contribution in [0.5, 0.6) is 0 Å². The summed E-state index contributed by atoms with van der Waals surface area (Å²) in [5.41, 5.74) is 4.49. The summed E-state index contributed by atoms with van der Waals surface area (Å²) in [5, 5.41) is 13.2. The van der Waals surface area contributed by atoms with Crippen LogP contribution in [0.4, 0.5) is 5.69 Å². The molecule has 0 spiro atoms. The summed E-state index contributed by atoms with van der Waals surface area (Å²) < 4.78 is 0. The Morgan fingerprint density at radius 1 is 1.05 bits per heavy atom. The minimum Gasteiger partial charge on any atom is -0.386 e. The van der Waals surface area contributed by atoms with Crippen LogP contribution in [0.25, 0.3) is 22.0 Å². The molecular formula is C17H13N3. The van der Waals surface area contributed by atoms with E-state index in [2.05, 4.69) is 34.6 Å². The van der Waals surface area contributed by atoms with Crippen molar-refractivity contribution in [2.24, 2.45) is 0 Å². The zero-order valence-corrected chi connectivity index (χ0v) is 11.1. The van der Waals surface area contributed by atoms with Gasteiger partial charge in [0.1, 0.15) is 6.07 Å². The summed E-state index contributed by atoms with van der Waals surface area (Å²) in [6.45, 7) is 0. The van der Waals surface area contributed by atoms with Gasteiger partial charge in [0, 0.05) is 24.2 Å². The SMILES string of the molecule is CNc1c(C#N)cnc2c(-c3ccccc3)cccc12. The topological polar surface area (TPSA) is 48.7 Å². The van der Waals surface area contributed by atoms with E-state index >= 15 is 0 Å². The van der Waals surface area contributed by atoms with Crippen molar-refractivity contribution in [3.8, 4) is 17.2 Å². The number of hydrogen-bond donors (Lipinski definition) is 1. The van der Waals surface area contributed by atoms with E-state index in [0.717, 1.165) is 27.7 Å². The van der Waals surface area contributed by atoms with Crippen molar-refractivity contribution >= 4 is 16.6 Å². The summed E-state index contributed by atoms with van der Waals surface area (Å²) in [6.07, 6.45) is 1.63. The maximum atomic E-state index is 9.17. The number of aromatic nitrogens is 1. The molecule has 1 aromatic heterocycles. The van der Waals surface area contributed by atoms with Crippen molar-refractivity contribution < 1.29 is 0 Å². The zero-order valence-electron chi connectivity index (χ0n) is 11.1. The predicted molar refractivity (Wildman–Crippen MR) is 81.4 cm³/mol. The Morgan fingerprint density at radius 3 is 2.55 bits per heavy atom. The van der Waals surface area contributed by atoms with Crippen molar-refractivity contribution in [1.29, 1.82) is 5.26 Å². The molecule has 0 aliphatic heterocycles. The van der Waals surface area contributed by atoms with Gasteiger partial charge in [0.25, 0.3) is 0 Å². The van der Waals surface area contributed by atoms with Crippen LogP contribution in [0.3, 0.4) is 0 Å². The van der Waals surface area contributed by atoms with E-state index in [1.54, 1.807) is 6.20 Å². The minimum atomic E-state index is 0.560. The maximum absolute atomic E-state index is 9.17. The van der Waals surface area contributed by atoms with Crippen molar-refractivity contribution in [1.82, 2.24) is 4.98 Å². The Morgan fingerprint density at radius 2 is 1.85 bits per heavy atom. The molecule has 0 radical (unpaired) electrons. The van der Waals surface area contributed by atoms with Gasteiger partial charge in [0.2, 0.25) is 0 Å². The molecule has 2 aromatic carbocycles. The summed E-state index contributed by atoms with van der Waals surface area (Å²) >= 11 is 0. The number of fused-ring (bicyclic) bond motifs is 1. The molecule has 0 unspecified atom stereocenters. The van der Waals surface area contributed by atoms with Gasteiger partial charge in [-0.2, -0.15) is 5.26 Å². The molecule has 96 valence electrons. The van der Waals surface area contributed by atoms with E-state index in [9.17, 15) is 0 Å². The lowest BCUT2D eigenvalue weighted by Crippen LogP contribution is -1.96. The van der Waals surface area contributed by atoms with Gasteiger partial charge in [-0.05, 0) is 5.56 Å². The van der Waals surface area contributed by atoms with Gasteiger partial charge in [-0.15, -0.1) is 0 Å². The Kier molecular flexibility index (Phi) is 3.06. The highest BCUT2D eigenvalue weighted by Crippen LogP contribution is 2.32. The summed E-state index contributed by atoms with van der Waals surface area (Å²) in [4.78, 5) is 4.47. The molecule has 1 heterocycles. The second kappa shape index (κ2) is 5.02. The molecule has 0 aliphatic rings. The lowest BCUT2D eigenvalue weighted by atomic mass is 10.0. The highest BCUT2D eigenvalue weighted by atomic mass is 14.8. The summed E-state index contributed by atoms with van der Waals surface area (Å²) in [7, 11) is 1.82. The van der Waals surface area contributed by atoms with Crippen LogP contribution >= 0.6 is 0 Å².